The van der Waals surface area contributed by atoms with Crippen LogP contribution in [-0.2, 0) is 0 Å². The molecule has 0 amide bonds. The summed E-state index contributed by atoms with van der Waals surface area (Å²) in [6.07, 6.45) is 1.76. The normalized spacial score (nSPS) is 11.4. The maximum Gasteiger partial charge on any atom is 0.210 e. The van der Waals surface area contributed by atoms with Gasteiger partial charge in [0.25, 0.3) is 0 Å². The molecule has 0 atom stereocenters. The van der Waals surface area contributed by atoms with Crippen molar-refractivity contribution in [1.82, 2.24) is 4.98 Å². The molecular weight excluding hydrogens is 247 g/mol. The average Bonchev–Trinajstić information content (AvgIpc) is 2.79. The Morgan fingerprint density at radius 1 is 1.11 bits per heavy atom. The van der Waals surface area contributed by atoms with E-state index < -0.39 is 0 Å². The fraction of sp³-hybridized carbons (Fsp3) is 0. The number of hydrogen-bond donors (Lipinski definition) is 0. The fourth-order valence-corrected chi connectivity index (χ4v) is 2.45. The van der Waals surface area contributed by atoms with Crippen LogP contribution in [0.3, 0.4) is 0 Å². The van der Waals surface area contributed by atoms with Crippen LogP contribution < -0.4 is 0 Å². The van der Waals surface area contributed by atoms with E-state index >= 15 is 0 Å². The van der Waals surface area contributed by atoms with E-state index in [4.69, 9.17) is 0 Å². The van der Waals surface area contributed by atoms with Gasteiger partial charge >= 0.3 is 0 Å². The van der Waals surface area contributed by atoms with Gasteiger partial charge < -0.3 is 0 Å². The van der Waals surface area contributed by atoms with E-state index in [1.54, 1.807) is 12.3 Å². The summed E-state index contributed by atoms with van der Waals surface area (Å²) in [7, 11) is 0. The van der Waals surface area contributed by atoms with Crippen molar-refractivity contribution in [1.29, 1.82) is 0 Å². The van der Waals surface area contributed by atoms with Crippen LogP contribution in [0.2, 0.25) is 0 Å². The third-order valence-electron chi connectivity index (χ3n) is 2.46. The molecule has 0 aliphatic rings. The molecule has 4 heteroatoms. The molecule has 18 heavy (non-hydrogen) atoms. The number of thiazole rings is 1. The lowest BCUT2D eigenvalue weighted by Crippen LogP contribution is -1.77. The Bertz CT molecular complexity index is 704. The molecule has 0 fully saturated rings. The van der Waals surface area contributed by atoms with Crippen molar-refractivity contribution in [3.8, 4) is 0 Å². The summed E-state index contributed by atoms with van der Waals surface area (Å²) in [4.78, 5) is 8.63. The van der Waals surface area contributed by atoms with Crippen LogP contribution in [0.5, 0.6) is 0 Å². The first-order valence-corrected chi connectivity index (χ1v) is 6.28. The quantitative estimate of drug-likeness (QED) is 0.631. The van der Waals surface area contributed by atoms with Gasteiger partial charge in [-0.15, -0.1) is 0 Å². The molecule has 0 aliphatic carbocycles. The summed E-state index contributed by atoms with van der Waals surface area (Å²) in [6, 6.07) is 14.4. The number of fused-ring (bicyclic) bond motifs is 1. The highest BCUT2D eigenvalue weighted by Gasteiger charge is 2.02. The molecule has 0 saturated carbocycles. The largest absolute Gasteiger partial charge is 0.227 e. The summed E-state index contributed by atoms with van der Waals surface area (Å²) >= 11 is 1.38. The van der Waals surface area contributed by atoms with E-state index in [1.807, 2.05) is 30.3 Å². The molecule has 88 valence electrons. The van der Waals surface area contributed by atoms with Crippen LogP contribution in [0.15, 0.2) is 53.5 Å². The van der Waals surface area contributed by atoms with E-state index in [0.717, 1.165) is 15.8 Å². The molecule has 1 heterocycles. The highest BCUT2D eigenvalue weighted by Crippen LogP contribution is 2.28. The summed E-state index contributed by atoms with van der Waals surface area (Å²) < 4.78 is 13.9. The molecule has 0 spiro atoms. The number of nitrogens with zero attached hydrogens (tertiary/aromatic N) is 2. The molecule has 0 aliphatic heterocycles. The molecule has 0 saturated heterocycles. The molecule has 0 bridgehead atoms. The monoisotopic (exact) mass is 256 g/mol. The summed E-state index contributed by atoms with van der Waals surface area (Å²) in [6.45, 7) is 0. The van der Waals surface area contributed by atoms with Gasteiger partial charge in [0.2, 0.25) is 5.13 Å². The molecule has 2 nitrogen and oxygen atoms in total. The van der Waals surface area contributed by atoms with Crippen molar-refractivity contribution in [3.63, 3.8) is 0 Å². The molecule has 2 aromatic carbocycles. The van der Waals surface area contributed by atoms with E-state index in [0.29, 0.717) is 5.13 Å². The second-order valence-corrected chi connectivity index (χ2v) is 4.79. The molecule has 3 rings (SSSR count). The van der Waals surface area contributed by atoms with Crippen molar-refractivity contribution in [2.24, 2.45) is 4.99 Å². The molecule has 0 radical (unpaired) electrons. The standard InChI is InChI=1S/C14H9FN2S/c15-11-6-7-12-13(8-11)18-14(17-12)16-9-10-4-2-1-3-5-10/h1-9H/b16-9+. The second kappa shape index (κ2) is 4.66. The summed E-state index contributed by atoms with van der Waals surface area (Å²) in [5.74, 6) is -0.246. The van der Waals surface area contributed by atoms with Crippen LogP contribution in [-0.4, -0.2) is 11.2 Å². The van der Waals surface area contributed by atoms with Gasteiger partial charge in [-0.2, -0.15) is 0 Å². The third-order valence-corrected chi connectivity index (χ3v) is 3.39. The van der Waals surface area contributed by atoms with Crippen molar-refractivity contribution in [3.05, 3.63) is 59.9 Å². The Morgan fingerprint density at radius 3 is 2.78 bits per heavy atom. The van der Waals surface area contributed by atoms with E-state index in [1.165, 1.54) is 23.5 Å². The number of aliphatic imine (C=N–C) groups is 1. The predicted octanol–water partition coefficient (Wildman–Crippen LogP) is 4.19. The average molecular weight is 256 g/mol. The maximum absolute atomic E-state index is 13.0. The van der Waals surface area contributed by atoms with Gasteiger partial charge in [-0.25, -0.2) is 14.4 Å². The lowest BCUT2D eigenvalue weighted by Gasteiger charge is -1.88. The SMILES string of the molecule is Fc1ccc2nc(/N=C/c3ccccc3)sc2c1. The smallest absolute Gasteiger partial charge is 0.210 e. The van der Waals surface area contributed by atoms with Crippen molar-refractivity contribution >= 4 is 32.9 Å². The van der Waals surface area contributed by atoms with Gasteiger partial charge in [-0.05, 0) is 23.8 Å². The maximum atomic E-state index is 13.0. The highest BCUT2D eigenvalue weighted by atomic mass is 32.1. The Kier molecular flexibility index (Phi) is 2.86. The van der Waals surface area contributed by atoms with Gasteiger partial charge in [-0.3, -0.25) is 0 Å². The first-order chi connectivity index (χ1) is 8.81. The minimum absolute atomic E-state index is 0.246. The van der Waals surface area contributed by atoms with Gasteiger partial charge in [0.1, 0.15) is 5.82 Å². The van der Waals surface area contributed by atoms with Gasteiger partial charge in [0, 0.05) is 6.21 Å². The van der Waals surface area contributed by atoms with Gasteiger partial charge in [-0.1, -0.05) is 41.7 Å². The van der Waals surface area contributed by atoms with E-state index in [2.05, 4.69) is 9.98 Å². The van der Waals surface area contributed by atoms with Crippen molar-refractivity contribution < 1.29 is 4.39 Å². The molecule has 1 aromatic heterocycles. The first-order valence-electron chi connectivity index (χ1n) is 5.46. The first kappa shape index (κ1) is 11.0. The minimum Gasteiger partial charge on any atom is -0.227 e. The van der Waals surface area contributed by atoms with Gasteiger partial charge in [0.05, 0.1) is 10.2 Å². The molecule has 3 aromatic rings. The number of hydrogen-bond acceptors (Lipinski definition) is 3. The van der Waals surface area contributed by atoms with Crippen LogP contribution >= 0.6 is 11.3 Å². The number of aromatic nitrogens is 1. The Balaban J connectivity index is 1.93. The van der Waals surface area contributed by atoms with Crippen LogP contribution in [0.4, 0.5) is 9.52 Å². The second-order valence-electron chi connectivity index (χ2n) is 3.78. The van der Waals surface area contributed by atoms with Crippen LogP contribution in [0.1, 0.15) is 5.56 Å². The Morgan fingerprint density at radius 2 is 1.94 bits per heavy atom. The van der Waals surface area contributed by atoms with Crippen molar-refractivity contribution in [2.45, 2.75) is 0 Å². The summed E-state index contributed by atoms with van der Waals surface area (Å²) in [5, 5.41) is 0.638. The zero-order valence-electron chi connectivity index (χ0n) is 9.38. The van der Waals surface area contributed by atoms with Gasteiger partial charge in [0.15, 0.2) is 0 Å². The predicted molar refractivity (Wildman–Crippen MR) is 73.3 cm³/mol. The van der Waals surface area contributed by atoms with Crippen molar-refractivity contribution in [2.75, 3.05) is 0 Å². The summed E-state index contributed by atoms with van der Waals surface area (Å²) in [5.41, 5.74) is 1.80. The van der Waals surface area contributed by atoms with Crippen LogP contribution in [0.25, 0.3) is 10.2 Å². The number of benzene rings is 2. The van der Waals surface area contributed by atoms with E-state index in [9.17, 15) is 4.39 Å². The fourth-order valence-electron chi connectivity index (χ4n) is 1.61. The number of halogens is 1. The topological polar surface area (TPSA) is 25.2 Å². The lowest BCUT2D eigenvalue weighted by atomic mass is 10.2. The zero-order valence-corrected chi connectivity index (χ0v) is 10.2. The Labute approximate surface area is 107 Å². The molecule has 0 N–H and O–H groups in total. The molecular formula is C14H9FN2S. The lowest BCUT2D eigenvalue weighted by molar-refractivity contribution is 0.630. The van der Waals surface area contributed by atoms with Crippen LogP contribution in [0, 0.1) is 5.82 Å². The Hall–Kier alpha value is -2.07. The molecule has 0 unspecified atom stereocenters. The zero-order chi connectivity index (χ0) is 12.4. The minimum atomic E-state index is -0.246. The number of rotatable bonds is 2. The van der Waals surface area contributed by atoms with E-state index in [-0.39, 0.29) is 5.82 Å². The highest BCUT2D eigenvalue weighted by molar-refractivity contribution is 7.22. The third kappa shape index (κ3) is 2.28.